The number of fused-ring (bicyclic) bond motifs is 1. The topological polar surface area (TPSA) is 104 Å². The van der Waals surface area contributed by atoms with E-state index in [1.165, 1.54) is 22.6 Å². The molecule has 2 aromatic carbocycles. The Balaban J connectivity index is 1.41. The van der Waals surface area contributed by atoms with E-state index >= 15 is 4.39 Å². The first-order chi connectivity index (χ1) is 16.7. The molecule has 35 heavy (non-hydrogen) atoms. The molecule has 182 valence electrons. The molecule has 1 aliphatic rings. The lowest BCUT2D eigenvalue weighted by Crippen LogP contribution is -2.42. The summed E-state index contributed by atoms with van der Waals surface area (Å²) in [5.41, 5.74) is 4.31. The van der Waals surface area contributed by atoms with E-state index < -0.39 is 22.3 Å². The number of carbonyl (C=O) groups is 1. The van der Waals surface area contributed by atoms with Crippen LogP contribution in [0.1, 0.15) is 21.5 Å². The van der Waals surface area contributed by atoms with E-state index in [2.05, 4.69) is 22.2 Å². The summed E-state index contributed by atoms with van der Waals surface area (Å²) in [6.45, 7) is 4.47. The van der Waals surface area contributed by atoms with Gasteiger partial charge in [0.1, 0.15) is 11.5 Å². The molecule has 3 N–H and O–H groups in total. The SMILES string of the molecule is Cc1ccc(Nc2ncc3ccn(-c4ccc(C(=O)N5CCS(O)(O)CC5)c(F)c4)c3n2)cc1C. The smallest absolute Gasteiger partial charge is 0.256 e. The van der Waals surface area contributed by atoms with E-state index in [4.69, 9.17) is 0 Å². The number of hydrogen-bond acceptors (Lipinski definition) is 6. The maximum absolute atomic E-state index is 15.0. The second-order valence-corrected chi connectivity index (χ2v) is 11.2. The quantitative estimate of drug-likeness (QED) is 0.363. The summed E-state index contributed by atoms with van der Waals surface area (Å²) < 4.78 is 36.3. The molecular formula is C25H26FN5O3S. The van der Waals surface area contributed by atoms with Crippen LogP contribution in [0.4, 0.5) is 16.0 Å². The summed E-state index contributed by atoms with van der Waals surface area (Å²) >= 11 is 0. The van der Waals surface area contributed by atoms with Gasteiger partial charge in [-0.15, -0.1) is 0 Å². The molecular weight excluding hydrogens is 469 g/mol. The van der Waals surface area contributed by atoms with Gasteiger partial charge in [-0.25, -0.2) is 9.37 Å². The van der Waals surface area contributed by atoms with E-state index in [-0.39, 0.29) is 30.2 Å². The lowest BCUT2D eigenvalue weighted by molar-refractivity contribution is 0.0763. The molecule has 1 aliphatic heterocycles. The third-order valence-corrected chi connectivity index (χ3v) is 7.99. The van der Waals surface area contributed by atoms with Gasteiger partial charge in [0.15, 0.2) is 0 Å². The Kier molecular flexibility index (Phi) is 5.96. The van der Waals surface area contributed by atoms with Crippen LogP contribution >= 0.6 is 10.6 Å². The zero-order valence-corrected chi connectivity index (χ0v) is 20.2. The molecule has 1 saturated heterocycles. The van der Waals surface area contributed by atoms with E-state index in [1.807, 2.05) is 31.2 Å². The number of amides is 1. The average Bonchev–Trinajstić information content (AvgIpc) is 3.24. The molecule has 0 saturated carbocycles. The highest BCUT2D eigenvalue weighted by molar-refractivity contribution is 8.24. The fourth-order valence-electron chi connectivity index (χ4n) is 4.06. The molecule has 0 radical (unpaired) electrons. The Morgan fingerprint density at radius 2 is 1.83 bits per heavy atom. The van der Waals surface area contributed by atoms with Crippen LogP contribution in [0, 0.1) is 19.7 Å². The summed E-state index contributed by atoms with van der Waals surface area (Å²) in [6, 6.07) is 12.3. The Morgan fingerprint density at radius 1 is 1.06 bits per heavy atom. The molecule has 3 heterocycles. The summed E-state index contributed by atoms with van der Waals surface area (Å²) in [7, 11) is -2.63. The largest absolute Gasteiger partial charge is 0.335 e. The number of halogens is 1. The standard InChI is InChI=1S/C25H26FN5O3S/c1-16-3-4-19(13-17(16)2)28-25-27-15-18-7-8-31(23(18)29-25)20-5-6-21(22(26)14-20)24(32)30-9-11-35(33,34)12-10-30/h3-8,13-15,33-34H,9-12H2,1-2H3,(H,27,28,29). The van der Waals surface area contributed by atoms with Crippen molar-refractivity contribution >= 4 is 39.2 Å². The molecule has 1 amide bonds. The van der Waals surface area contributed by atoms with Crippen molar-refractivity contribution in [3.8, 4) is 5.69 Å². The fourth-order valence-corrected chi connectivity index (χ4v) is 5.29. The second kappa shape index (κ2) is 8.95. The Hall–Kier alpha value is -3.47. The van der Waals surface area contributed by atoms with Gasteiger partial charge in [0, 0.05) is 42.2 Å². The van der Waals surface area contributed by atoms with Crippen LogP contribution in [0.25, 0.3) is 16.7 Å². The van der Waals surface area contributed by atoms with Gasteiger partial charge < -0.3 is 14.8 Å². The lowest BCUT2D eigenvalue weighted by atomic mass is 10.1. The average molecular weight is 496 g/mol. The van der Waals surface area contributed by atoms with Crippen LogP contribution in [0.2, 0.25) is 0 Å². The summed E-state index contributed by atoms with van der Waals surface area (Å²) in [5, 5.41) is 4.01. The van der Waals surface area contributed by atoms with Gasteiger partial charge in [0.25, 0.3) is 5.91 Å². The summed E-state index contributed by atoms with van der Waals surface area (Å²) in [4.78, 5) is 23.3. The van der Waals surface area contributed by atoms with E-state index in [1.54, 1.807) is 23.0 Å². The number of anilines is 2. The van der Waals surface area contributed by atoms with Gasteiger partial charge in [-0.05, 0) is 61.4 Å². The maximum Gasteiger partial charge on any atom is 0.256 e. The summed E-state index contributed by atoms with van der Waals surface area (Å²) in [5.74, 6) is -0.445. The maximum atomic E-state index is 15.0. The molecule has 10 heteroatoms. The minimum absolute atomic E-state index is 0.0460. The van der Waals surface area contributed by atoms with Crippen LogP contribution in [-0.2, 0) is 0 Å². The van der Waals surface area contributed by atoms with Crippen molar-refractivity contribution in [2.24, 2.45) is 0 Å². The first-order valence-electron chi connectivity index (χ1n) is 11.2. The molecule has 5 rings (SSSR count). The molecule has 0 spiro atoms. The first kappa shape index (κ1) is 23.3. The highest BCUT2D eigenvalue weighted by Crippen LogP contribution is 2.40. The molecule has 1 fully saturated rings. The monoisotopic (exact) mass is 495 g/mol. The molecule has 0 unspecified atom stereocenters. The molecule has 4 aromatic rings. The van der Waals surface area contributed by atoms with Gasteiger partial charge in [-0.2, -0.15) is 15.6 Å². The van der Waals surface area contributed by atoms with Crippen LogP contribution in [0.5, 0.6) is 0 Å². The lowest BCUT2D eigenvalue weighted by Gasteiger charge is -2.40. The van der Waals surface area contributed by atoms with Crippen molar-refractivity contribution in [2.75, 3.05) is 29.9 Å². The number of carbonyl (C=O) groups excluding carboxylic acids is 1. The second-order valence-electron chi connectivity index (χ2n) is 8.75. The third kappa shape index (κ3) is 4.72. The number of nitrogens with zero attached hydrogens (tertiary/aromatic N) is 4. The molecule has 0 atom stereocenters. The minimum Gasteiger partial charge on any atom is -0.335 e. The summed E-state index contributed by atoms with van der Waals surface area (Å²) in [6.07, 6.45) is 3.49. The van der Waals surface area contributed by atoms with Crippen LogP contribution in [-0.4, -0.2) is 59.0 Å². The van der Waals surface area contributed by atoms with Gasteiger partial charge in [0.2, 0.25) is 5.95 Å². The van der Waals surface area contributed by atoms with Crippen molar-refractivity contribution in [1.29, 1.82) is 0 Å². The van der Waals surface area contributed by atoms with Crippen LogP contribution in [0.3, 0.4) is 0 Å². The van der Waals surface area contributed by atoms with Crippen molar-refractivity contribution in [2.45, 2.75) is 13.8 Å². The van der Waals surface area contributed by atoms with Crippen molar-refractivity contribution in [3.63, 3.8) is 0 Å². The number of hydrogen-bond donors (Lipinski definition) is 3. The molecule has 2 aromatic heterocycles. The van der Waals surface area contributed by atoms with Gasteiger partial charge in [0.05, 0.1) is 17.1 Å². The zero-order valence-electron chi connectivity index (χ0n) is 19.4. The Labute approximate surface area is 203 Å². The van der Waals surface area contributed by atoms with Gasteiger partial charge in [-0.1, -0.05) is 6.07 Å². The molecule has 0 bridgehead atoms. The third-order valence-electron chi connectivity index (χ3n) is 6.32. The zero-order chi connectivity index (χ0) is 24.7. The predicted octanol–water partition coefficient (Wildman–Crippen LogP) is 5.13. The number of rotatable bonds is 4. The number of aromatic nitrogens is 3. The van der Waals surface area contributed by atoms with Crippen molar-refractivity contribution < 1.29 is 18.3 Å². The first-order valence-corrected chi connectivity index (χ1v) is 13.1. The Morgan fingerprint density at radius 3 is 2.54 bits per heavy atom. The number of nitrogens with one attached hydrogen (secondary N) is 1. The Bertz CT molecular complexity index is 1430. The number of benzene rings is 2. The molecule has 0 aliphatic carbocycles. The van der Waals surface area contributed by atoms with E-state index in [0.29, 0.717) is 17.3 Å². The highest BCUT2D eigenvalue weighted by atomic mass is 32.3. The van der Waals surface area contributed by atoms with Crippen LogP contribution < -0.4 is 5.32 Å². The predicted molar refractivity (Wildman–Crippen MR) is 137 cm³/mol. The number of aryl methyl sites for hydroxylation is 2. The van der Waals surface area contributed by atoms with Crippen molar-refractivity contribution in [1.82, 2.24) is 19.4 Å². The normalized spacial score (nSPS) is 16.3. The van der Waals surface area contributed by atoms with E-state index in [0.717, 1.165) is 16.6 Å². The van der Waals surface area contributed by atoms with Crippen LogP contribution in [0.15, 0.2) is 54.9 Å². The van der Waals surface area contributed by atoms with Gasteiger partial charge >= 0.3 is 0 Å². The van der Waals surface area contributed by atoms with E-state index in [9.17, 15) is 13.9 Å². The highest BCUT2D eigenvalue weighted by Gasteiger charge is 2.27. The fraction of sp³-hybridized carbons (Fsp3) is 0.240. The van der Waals surface area contributed by atoms with Crippen molar-refractivity contribution in [3.05, 3.63) is 77.4 Å². The minimum atomic E-state index is -2.63. The molecule has 8 nitrogen and oxygen atoms in total. The van der Waals surface area contributed by atoms with Gasteiger partial charge in [-0.3, -0.25) is 13.9 Å².